The Morgan fingerprint density at radius 3 is 2.57 bits per heavy atom. The van der Waals surface area contributed by atoms with E-state index in [9.17, 15) is 14.9 Å². The summed E-state index contributed by atoms with van der Waals surface area (Å²) < 4.78 is 4.60. The lowest BCUT2D eigenvalue weighted by molar-refractivity contribution is -0.384. The first-order valence-corrected chi connectivity index (χ1v) is 10.2. The van der Waals surface area contributed by atoms with Crippen LogP contribution in [-0.4, -0.2) is 42.1 Å². The highest BCUT2D eigenvalue weighted by Gasteiger charge is 2.12. The number of rotatable bonds is 12. The van der Waals surface area contributed by atoms with Crippen molar-refractivity contribution in [2.24, 2.45) is 5.73 Å². The lowest BCUT2D eigenvalue weighted by atomic mass is 10.1. The number of anilines is 1. The number of nitro benzene ring substituents is 1. The molecule has 1 atom stereocenters. The third-order valence-electron chi connectivity index (χ3n) is 4.03. The molecule has 7 nitrogen and oxygen atoms in total. The number of methoxy groups -OCH3 is 1. The molecule has 0 aliphatic rings. The predicted molar refractivity (Wildman–Crippen MR) is 116 cm³/mol. The molecule has 0 radical (unpaired) electrons. The molecule has 0 saturated carbocycles. The van der Waals surface area contributed by atoms with Gasteiger partial charge in [0.15, 0.2) is 0 Å². The fourth-order valence-electron chi connectivity index (χ4n) is 2.28. The number of non-ortho nitro benzene ring substituents is 1. The molecule has 1 rings (SSSR count). The van der Waals surface area contributed by atoms with Crippen LogP contribution < -0.4 is 11.1 Å². The summed E-state index contributed by atoms with van der Waals surface area (Å²) in [7, 11) is 1.34. The molecule has 0 bridgehead atoms. The number of hydrogen-bond donors (Lipinski definition) is 2. The van der Waals surface area contributed by atoms with E-state index >= 15 is 0 Å². The second kappa shape index (κ2) is 13.0. The van der Waals surface area contributed by atoms with Crippen molar-refractivity contribution in [3.8, 4) is 0 Å². The molecule has 0 heterocycles. The van der Waals surface area contributed by atoms with Crippen LogP contribution in [-0.2, 0) is 9.53 Å². The fraction of sp³-hybridized carbons (Fsp3) is 0.450. The minimum absolute atomic E-state index is 0.0884. The van der Waals surface area contributed by atoms with Crippen LogP contribution in [0.2, 0.25) is 0 Å². The van der Waals surface area contributed by atoms with Gasteiger partial charge in [-0.2, -0.15) is 11.8 Å². The lowest BCUT2D eigenvalue weighted by Gasteiger charge is -2.08. The van der Waals surface area contributed by atoms with E-state index in [0.29, 0.717) is 12.3 Å². The first-order valence-electron chi connectivity index (χ1n) is 9.04. The molecule has 0 aliphatic carbocycles. The van der Waals surface area contributed by atoms with Crippen LogP contribution in [0.1, 0.15) is 26.7 Å². The normalized spacial score (nSPS) is 13.1. The molecule has 8 heteroatoms. The summed E-state index contributed by atoms with van der Waals surface area (Å²) in [6, 6.07) is 5.83. The average molecular weight is 408 g/mol. The van der Waals surface area contributed by atoms with Gasteiger partial charge < -0.3 is 15.8 Å². The summed E-state index contributed by atoms with van der Waals surface area (Å²) >= 11 is 1.61. The van der Waals surface area contributed by atoms with Gasteiger partial charge in [-0.25, -0.2) is 0 Å². The number of allylic oxidation sites excluding steroid dienone is 2. The Kier molecular flexibility index (Phi) is 11.0. The molecule has 0 spiro atoms. The first kappa shape index (κ1) is 23.7. The maximum absolute atomic E-state index is 11.2. The van der Waals surface area contributed by atoms with Crippen molar-refractivity contribution in [2.45, 2.75) is 32.7 Å². The standard InChI is InChI=1S/C20H29N3O4S/c1-15(11-12-28-14-19(21)20(24)27-3)5-4-6-16(2)13-22-17-7-9-18(10-8-17)23(25)26/h6-11,19,22H,4-5,12-14,21H2,1-3H3/b15-11+,16-6+. The summed E-state index contributed by atoms with van der Waals surface area (Å²) in [5, 5.41) is 13.9. The second-order valence-corrected chi connectivity index (χ2v) is 7.54. The van der Waals surface area contributed by atoms with E-state index in [0.717, 1.165) is 24.3 Å². The molecule has 28 heavy (non-hydrogen) atoms. The first-order chi connectivity index (χ1) is 13.3. The van der Waals surface area contributed by atoms with Crippen LogP contribution in [0.3, 0.4) is 0 Å². The summed E-state index contributed by atoms with van der Waals surface area (Å²) in [5.74, 6) is 0.987. The molecule has 0 amide bonds. The average Bonchev–Trinajstić information content (AvgIpc) is 2.69. The maximum atomic E-state index is 11.2. The quantitative estimate of drug-likeness (QED) is 0.178. The fourth-order valence-corrected chi connectivity index (χ4v) is 3.21. The summed E-state index contributed by atoms with van der Waals surface area (Å²) in [6.45, 7) is 4.85. The molecular weight excluding hydrogens is 378 g/mol. The van der Waals surface area contributed by atoms with Crippen LogP contribution in [0, 0.1) is 10.1 Å². The number of carbonyl (C=O) groups is 1. The number of esters is 1. The Hall–Kier alpha value is -2.32. The van der Waals surface area contributed by atoms with Gasteiger partial charge in [-0.05, 0) is 38.8 Å². The lowest BCUT2D eigenvalue weighted by Crippen LogP contribution is -2.33. The molecule has 0 aliphatic heterocycles. The highest BCUT2D eigenvalue weighted by atomic mass is 32.2. The summed E-state index contributed by atoms with van der Waals surface area (Å²) in [4.78, 5) is 21.5. The number of nitrogens with two attached hydrogens (primary N) is 1. The van der Waals surface area contributed by atoms with Crippen molar-refractivity contribution in [3.05, 3.63) is 57.7 Å². The smallest absolute Gasteiger partial charge is 0.323 e. The Balaban J connectivity index is 2.27. The van der Waals surface area contributed by atoms with Crippen LogP contribution in [0.4, 0.5) is 11.4 Å². The minimum Gasteiger partial charge on any atom is -0.468 e. The molecule has 0 aromatic heterocycles. The van der Waals surface area contributed by atoms with Gasteiger partial charge in [0.25, 0.3) is 5.69 Å². The maximum Gasteiger partial charge on any atom is 0.323 e. The topological polar surface area (TPSA) is 107 Å². The van der Waals surface area contributed by atoms with E-state index in [1.165, 1.54) is 30.4 Å². The highest BCUT2D eigenvalue weighted by molar-refractivity contribution is 7.99. The Morgan fingerprint density at radius 1 is 1.29 bits per heavy atom. The van der Waals surface area contributed by atoms with Crippen LogP contribution in [0.15, 0.2) is 47.6 Å². The van der Waals surface area contributed by atoms with E-state index in [-0.39, 0.29) is 11.7 Å². The zero-order valence-electron chi connectivity index (χ0n) is 16.6. The molecule has 1 aromatic rings. The van der Waals surface area contributed by atoms with Crippen molar-refractivity contribution >= 4 is 29.1 Å². The van der Waals surface area contributed by atoms with E-state index < -0.39 is 11.0 Å². The molecular formula is C20H29N3O4S. The number of nitro groups is 1. The number of nitrogens with zero attached hydrogens (tertiary/aromatic N) is 1. The van der Waals surface area contributed by atoms with E-state index in [2.05, 4.69) is 36.1 Å². The third-order valence-corrected chi connectivity index (χ3v) is 5.03. The van der Waals surface area contributed by atoms with Gasteiger partial charge in [-0.3, -0.25) is 14.9 Å². The minimum atomic E-state index is -0.572. The van der Waals surface area contributed by atoms with Gasteiger partial charge in [0, 0.05) is 35.9 Å². The van der Waals surface area contributed by atoms with Gasteiger partial charge in [0.05, 0.1) is 12.0 Å². The Morgan fingerprint density at radius 2 is 1.96 bits per heavy atom. The number of carbonyl (C=O) groups excluding carboxylic acids is 1. The SMILES string of the molecule is COC(=O)C(N)CSC/C=C(\C)CC/C=C(\C)CNc1ccc([N+](=O)[O-])cc1. The largest absolute Gasteiger partial charge is 0.468 e. The Bertz CT molecular complexity index is 702. The number of benzene rings is 1. The Labute approximate surface area is 170 Å². The van der Waals surface area contributed by atoms with Gasteiger partial charge >= 0.3 is 5.97 Å². The monoisotopic (exact) mass is 407 g/mol. The zero-order valence-corrected chi connectivity index (χ0v) is 17.5. The van der Waals surface area contributed by atoms with Gasteiger partial charge in [0.1, 0.15) is 6.04 Å². The van der Waals surface area contributed by atoms with E-state index in [1.807, 2.05) is 0 Å². The van der Waals surface area contributed by atoms with Crippen LogP contribution >= 0.6 is 11.8 Å². The van der Waals surface area contributed by atoms with Crippen LogP contribution in [0.25, 0.3) is 0 Å². The molecule has 0 saturated heterocycles. The highest BCUT2D eigenvalue weighted by Crippen LogP contribution is 2.16. The molecule has 0 fully saturated rings. The van der Waals surface area contributed by atoms with Crippen molar-refractivity contribution in [1.29, 1.82) is 0 Å². The number of thioether (sulfide) groups is 1. The number of ether oxygens (including phenoxy) is 1. The van der Waals surface area contributed by atoms with E-state index in [1.54, 1.807) is 23.9 Å². The van der Waals surface area contributed by atoms with Crippen molar-refractivity contribution < 1.29 is 14.5 Å². The van der Waals surface area contributed by atoms with Crippen LogP contribution in [0.5, 0.6) is 0 Å². The zero-order chi connectivity index (χ0) is 20.9. The van der Waals surface area contributed by atoms with Gasteiger partial charge in [-0.15, -0.1) is 0 Å². The van der Waals surface area contributed by atoms with Crippen molar-refractivity contribution in [3.63, 3.8) is 0 Å². The van der Waals surface area contributed by atoms with Gasteiger partial charge in [-0.1, -0.05) is 23.3 Å². The third kappa shape index (κ3) is 9.57. The van der Waals surface area contributed by atoms with E-state index in [4.69, 9.17) is 5.73 Å². The molecule has 1 aromatic carbocycles. The van der Waals surface area contributed by atoms with Crippen molar-refractivity contribution in [2.75, 3.05) is 30.5 Å². The number of hydrogen-bond acceptors (Lipinski definition) is 7. The number of nitrogens with one attached hydrogen (secondary N) is 1. The second-order valence-electron chi connectivity index (χ2n) is 6.46. The summed E-state index contributed by atoms with van der Waals surface area (Å²) in [5.41, 5.74) is 9.15. The molecule has 1 unspecified atom stereocenters. The predicted octanol–water partition coefficient (Wildman–Crippen LogP) is 3.91. The molecule has 3 N–H and O–H groups in total. The van der Waals surface area contributed by atoms with Crippen molar-refractivity contribution in [1.82, 2.24) is 0 Å². The summed E-state index contributed by atoms with van der Waals surface area (Å²) in [6.07, 6.45) is 6.27. The van der Waals surface area contributed by atoms with Gasteiger partial charge in [0.2, 0.25) is 0 Å². The molecule has 154 valence electrons.